The number of aromatic nitrogens is 1. The summed E-state index contributed by atoms with van der Waals surface area (Å²) in [6, 6.07) is 9.01. The van der Waals surface area contributed by atoms with Gasteiger partial charge in [0.1, 0.15) is 23.9 Å². The molecule has 4 nitrogen and oxygen atoms in total. The fourth-order valence-corrected chi connectivity index (χ4v) is 1.98. The molecule has 0 saturated heterocycles. The van der Waals surface area contributed by atoms with Crippen LogP contribution in [-0.2, 0) is 5.60 Å². The van der Waals surface area contributed by atoms with Gasteiger partial charge in [-0.25, -0.2) is 9.37 Å². The van der Waals surface area contributed by atoms with E-state index in [1.165, 1.54) is 6.07 Å². The van der Waals surface area contributed by atoms with Gasteiger partial charge >= 0.3 is 0 Å². The van der Waals surface area contributed by atoms with E-state index in [0.29, 0.717) is 5.69 Å². The number of benzene rings is 1. The Balaban J connectivity index is 2.09. The molecule has 0 bridgehead atoms. The summed E-state index contributed by atoms with van der Waals surface area (Å²) in [5.74, 6) is 5.13. The SMILES string of the molecule is CCC([O-])(C[O-])c1cc(F)cc(OCC#Cc2ccccn2)c1. The molecule has 0 aliphatic rings. The molecule has 0 aliphatic carbocycles. The van der Waals surface area contributed by atoms with Crippen molar-refractivity contribution in [2.24, 2.45) is 0 Å². The summed E-state index contributed by atoms with van der Waals surface area (Å²) in [7, 11) is 0. The Morgan fingerprint density at radius 3 is 2.78 bits per heavy atom. The summed E-state index contributed by atoms with van der Waals surface area (Å²) in [5, 5.41) is 23.4. The highest BCUT2D eigenvalue weighted by atomic mass is 19.1. The second-order valence-corrected chi connectivity index (χ2v) is 4.97. The third kappa shape index (κ3) is 4.52. The normalized spacial score (nSPS) is 12.9. The van der Waals surface area contributed by atoms with Crippen LogP contribution in [0.5, 0.6) is 5.75 Å². The predicted octanol–water partition coefficient (Wildman–Crippen LogP) is 0.977. The molecule has 0 fully saturated rings. The molecule has 0 saturated carbocycles. The van der Waals surface area contributed by atoms with Crippen molar-refractivity contribution in [1.82, 2.24) is 4.98 Å². The van der Waals surface area contributed by atoms with Crippen LogP contribution < -0.4 is 14.9 Å². The fourth-order valence-electron chi connectivity index (χ4n) is 1.98. The maximum Gasteiger partial charge on any atom is 0.149 e. The standard InChI is InChI=1S/C18H16FNO3/c1-2-18(22,13-21)14-10-15(19)12-17(11-14)23-9-5-7-16-6-3-4-8-20-16/h3-4,6,8,10-12H,2,9,13H2,1H3/q-2. The molecule has 1 unspecified atom stereocenters. The van der Waals surface area contributed by atoms with Gasteiger partial charge in [0.15, 0.2) is 0 Å². The molecule has 1 atom stereocenters. The highest BCUT2D eigenvalue weighted by Crippen LogP contribution is 2.25. The summed E-state index contributed by atoms with van der Waals surface area (Å²) in [6.07, 6.45) is 1.71. The first-order valence-electron chi connectivity index (χ1n) is 7.19. The average molecular weight is 313 g/mol. The largest absolute Gasteiger partial charge is 0.855 e. The van der Waals surface area contributed by atoms with E-state index < -0.39 is 18.0 Å². The summed E-state index contributed by atoms with van der Waals surface area (Å²) in [5.41, 5.74) is -1.14. The Hall–Kier alpha value is -2.42. The lowest BCUT2D eigenvalue weighted by Crippen LogP contribution is -2.48. The number of hydrogen-bond donors (Lipinski definition) is 0. The maximum absolute atomic E-state index is 13.6. The van der Waals surface area contributed by atoms with Gasteiger partial charge in [-0.2, -0.15) is 0 Å². The second kappa shape index (κ2) is 7.73. The first kappa shape index (κ1) is 16.9. The van der Waals surface area contributed by atoms with Crippen LogP contribution in [0.25, 0.3) is 0 Å². The number of halogens is 1. The van der Waals surface area contributed by atoms with Crippen LogP contribution in [0.15, 0.2) is 42.6 Å². The molecule has 0 spiro atoms. The zero-order valence-corrected chi connectivity index (χ0v) is 12.7. The smallest absolute Gasteiger partial charge is 0.149 e. The van der Waals surface area contributed by atoms with Gasteiger partial charge in [-0.3, -0.25) is 0 Å². The molecular formula is C18H16FNO3-2. The van der Waals surface area contributed by atoms with Gasteiger partial charge in [0.25, 0.3) is 0 Å². The molecule has 2 aromatic rings. The molecule has 120 valence electrons. The predicted molar refractivity (Wildman–Crippen MR) is 79.8 cm³/mol. The van der Waals surface area contributed by atoms with E-state index in [1.54, 1.807) is 25.3 Å². The van der Waals surface area contributed by atoms with E-state index in [-0.39, 0.29) is 24.3 Å². The van der Waals surface area contributed by atoms with E-state index >= 15 is 0 Å². The van der Waals surface area contributed by atoms with Crippen molar-refractivity contribution in [3.05, 3.63) is 59.7 Å². The lowest BCUT2D eigenvalue weighted by atomic mass is 9.92. The molecule has 1 aromatic carbocycles. The Morgan fingerprint density at radius 1 is 1.30 bits per heavy atom. The minimum atomic E-state index is -1.85. The van der Waals surface area contributed by atoms with E-state index in [0.717, 1.165) is 12.1 Å². The molecular weight excluding hydrogens is 297 g/mol. The molecule has 1 aromatic heterocycles. The summed E-state index contributed by atoms with van der Waals surface area (Å²) in [4.78, 5) is 4.04. The van der Waals surface area contributed by atoms with Gasteiger partial charge in [-0.1, -0.05) is 30.9 Å². The fraction of sp³-hybridized carbons (Fsp3) is 0.278. The van der Waals surface area contributed by atoms with Crippen molar-refractivity contribution in [2.45, 2.75) is 18.9 Å². The maximum atomic E-state index is 13.6. The Bertz CT molecular complexity index is 703. The lowest BCUT2D eigenvalue weighted by molar-refractivity contribution is -0.550. The Labute approximate surface area is 134 Å². The Morgan fingerprint density at radius 2 is 2.13 bits per heavy atom. The first-order valence-corrected chi connectivity index (χ1v) is 7.19. The van der Waals surface area contributed by atoms with Crippen LogP contribution in [0, 0.1) is 17.7 Å². The van der Waals surface area contributed by atoms with Crippen molar-refractivity contribution in [2.75, 3.05) is 13.2 Å². The number of pyridine rings is 1. The van der Waals surface area contributed by atoms with Gasteiger partial charge in [-0.05, 0) is 30.2 Å². The zero-order valence-electron chi connectivity index (χ0n) is 12.7. The van der Waals surface area contributed by atoms with Gasteiger partial charge in [0.05, 0.1) is 0 Å². The van der Waals surface area contributed by atoms with E-state index in [2.05, 4.69) is 16.8 Å². The summed E-state index contributed by atoms with van der Waals surface area (Å²) >= 11 is 0. The molecule has 0 N–H and O–H groups in total. The number of rotatable bonds is 5. The highest BCUT2D eigenvalue weighted by Gasteiger charge is 2.14. The van der Waals surface area contributed by atoms with Crippen LogP contribution in [0.2, 0.25) is 0 Å². The van der Waals surface area contributed by atoms with Crippen LogP contribution >= 0.6 is 0 Å². The second-order valence-electron chi connectivity index (χ2n) is 4.97. The van der Waals surface area contributed by atoms with Gasteiger partial charge in [0, 0.05) is 12.3 Å². The van der Waals surface area contributed by atoms with Crippen LogP contribution in [0.1, 0.15) is 24.6 Å². The lowest BCUT2D eigenvalue weighted by Gasteiger charge is -2.43. The monoisotopic (exact) mass is 313 g/mol. The molecule has 23 heavy (non-hydrogen) atoms. The molecule has 0 amide bonds. The minimum Gasteiger partial charge on any atom is -0.855 e. The van der Waals surface area contributed by atoms with E-state index in [9.17, 15) is 14.6 Å². The first-order chi connectivity index (χ1) is 11.1. The number of hydrogen-bond acceptors (Lipinski definition) is 4. The van der Waals surface area contributed by atoms with Crippen LogP contribution in [0.3, 0.4) is 0 Å². The topological polar surface area (TPSA) is 68.2 Å². The summed E-state index contributed by atoms with van der Waals surface area (Å²) < 4.78 is 19.0. The van der Waals surface area contributed by atoms with E-state index in [1.807, 2.05) is 6.07 Å². The number of ether oxygens (including phenoxy) is 1. The quantitative estimate of drug-likeness (QED) is 0.772. The van der Waals surface area contributed by atoms with Gasteiger partial charge in [0.2, 0.25) is 0 Å². The molecule has 1 heterocycles. The average Bonchev–Trinajstić information content (AvgIpc) is 2.58. The van der Waals surface area contributed by atoms with Crippen molar-refractivity contribution in [3.63, 3.8) is 0 Å². The van der Waals surface area contributed by atoms with Gasteiger partial charge in [-0.15, -0.1) is 12.2 Å². The summed E-state index contributed by atoms with van der Waals surface area (Å²) in [6.45, 7) is 0.773. The number of nitrogens with zero attached hydrogens (tertiary/aromatic N) is 1. The van der Waals surface area contributed by atoms with Crippen molar-refractivity contribution in [1.29, 1.82) is 0 Å². The van der Waals surface area contributed by atoms with Gasteiger partial charge < -0.3 is 14.9 Å². The van der Waals surface area contributed by atoms with Crippen LogP contribution in [-0.4, -0.2) is 18.2 Å². The van der Waals surface area contributed by atoms with E-state index in [4.69, 9.17) is 4.74 Å². The van der Waals surface area contributed by atoms with Crippen molar-refractivity contribution in [3.8, 4) is 17.6 Å². The van der Waals surface area contributed by atoms with Crippen molar-refractivity contribution >= 4 is 0 Å². The third-order valence-electron chi connectivity index (χ3n) is 3.39. The van der Waals surface area contributed by atoms with Crippen molar-refractivity contribution < 1.29 is 19.3 Å². The minimum absolute atomic E-state index is 0.0226. The van der Waals surface area contributed by atoms with Crippen LogP contribution in [0.4, 0.5) is 4.39 Å². The Kier molecular flexibility index (Phi) is 5.69. The molecule has 2 rings (SSSR count). The molecule has 0 aliphatic heterocycles. The molecule has 0 radical (unpaired) electrons. The zero-order chi connectivity index (χ0) is 16.7. The highest BCUT2D eigenvalue weighted by molar-refractivity contribution is 5.34. The third-order valence-corrected chi connectivity index (χ3v) is 3.39. The molecule has 5 heteroatoms.